The van der Waals surface area contributed by atoms with Crippen molar-refractivity contribution in [2.45, 2.75) is 29.9 Å². The van der Waals surface area contributed by atoms with E-state index in [-0.39, 0.29) is 22.2 Å². The number of aliphatic carboxylic acids is 1. The van der Waals surface area contributed by atoms with Crippen molar-refractivity contribution < 1.29 is 39.0 Å². The van der Waals surface area contributed by atoms with Crippen LogP contribution >= 0.6 is 23.3 Å². The lowest BCUT2D eigenvalue weighted by atomic mass is 9.71. The third-order valence-electron chi connectivity index (χ3n) is 6.82. The van der Waals surface area contributed by atoms with Crippen LogP contribution in [0.25, 0.3) is 0 Å². The lowest BCUT2D eigenvalue weighted by molar-refractivity contribution is -0.913. The number of thioether (sulfide) groups is 1. The van der Waals surface area contributed by atoms with Gasteiger partial charge in [-0.05, 0) is 17.2 Å². The van der Waals surface area contributed by atoms with E-state index in [1.54, 1.807) is 6.08 Å². The maximum Gasteiger partial charge on any atom is 0.277 e. The number of carbonyl (C=O) groups is 3. The summed E-state index contributed by atoms with van der Waals surface area (Å²) in [6.45, 7) is 1.58. The Hall–Kier alpha value is -2.85. The first-order chi connectivity index (χ1) is 17.5. The molecular weight excluding hydrogens is 524 g/mol. The summed E-state index contributed by atoms with van der Waals surface area (Å²) in [5.41, 5.74) is 5.73. The fraction of sp³-hybridized carbons (Fsp3) is 0.545. The number of amides is 1. The summed E-state index contributed by atoms with van der Waals surface area (Å²) in [4.78, 5) is 46.5. The van der Waals surface area contributed by atoms with Gasteiger partial charge in [0.1, 0.15) is 25.8 Å². The highest BCUT2D eigenvalue weighted by molar-refractivity contribution is 8.00. The number of fused-ring (bicyclic) bond motifs is 1. The minimum absolute atomic E-state index is 0.0451. The molecule has 4 rings (SSSR count). The number of Topliss-reactive ketones (excluding diaryl/α,β-unsaturated/α-hetero) is 1. The van der Waals surface area contributed by atoms with Crippen LogP contribution in [-0.2, 0) is 19.2 Å². The molecule has 2 aliphatic heterocycles. The number of likely N-dealkylation sites (N-methyl/N-ethyl adjacent to an activating group) is 1. The van der Waals surface area contributed by atoms with E-state index in [2.05, 4.69) is 19.8 Å². The van der Waals surface area contributed by atoms with Gasteiger partial charge < -0.3 is 40.5 Å². The largest absolute Gasteiger partial charge is 0.545 e. The smallest absolute Gasteiger partial charge is 0.277 e. The Balaban J connectivity index is 1.46. The van der Waals surface area contributed by atoms with Gasteiger partial charge in [0.15, 0.2) is 10.9 Å². The molecule has 1 saturated heterocycles. The first-order valence-corrected chi connectivity index (χ1v) is 13.3. The number of allylic oxidation sites excluding steroid dienone is 1. The van der Waals surface area contributed by atoms with Gasteiger partial charge >= 0.3 is 0 Å². The fourth-order valence-corrected chi connectivity index (χ4v) is 6.75. The zero-order valence-corrected chi connectivity index (χ0v) is 21.8. The van der Waals surface area contributed by atoms with Crippen molar-refractivity contribution in [2.24, 2.45) is 11.1 Å². The standard InChI is InChI=1S/C22H28N6O7S2/c1-28(7-5-11(29)12(30)8-28)6-3-4-10-9-36-18-14(13(10)21(33)34)17(31)15(18)24-20(32)16(26-35-2)19-25-22(23)37-27-19/h3-4,11-12,14-15,18,29-30H,5-9H2,1-2H3,(H3-,23,24,25,27,32,33,34)/b4-3+,26-16-/t11-,12+,14?,15+,18-,28?/m0/s1. The van der Waals surface area contributed by atoms with E-state index < -0.39 is 47.1 Å². The highest BCUT2D eigenvalue weighted by Crippen LogP contribution is 2.45. The number of nitrogens with zero attached hydrogens (tertiary/aromatic N) is 4. The van der Waals surface area contributed by atoms with Crippen LogP contribution in [0.3, 0.4) is 0 Å². The highest BCUT2D eigenvalue weighted by atomic mass is 32.2. The van der Waals surface area contributed by atoms with Crippen LogP contribution in [0, 0.1) is 5.92 Å². The fourth-order valence-electron chi connectivity index (χ4n) is 4.84. The van der Waals surface area contributed by atoms with E-state index in [1.165, 1.54) is 18.9 Å². The second-order valence-corrected chi connectivity index (χ2v) is 11.4. The van der Waals surface area contributed by atoms with Gasteiger partial charge in [0.25, 0.3) is 5.91 Å². The number of nitrogen functional groups attached to an aromatic ring is 1. The number of nitrogens with one attached hydrogen (secondary N) is 1. The summed E-state index contributed by atoms with van der Waals surface area (Å²) in [5.74, 6) is -3.25. The Morgan fingerprint density at radius 3 is 2.76 bits per heavy atom. The van der Waals surface area contributed by atoms with Gasteiger partial charge in [-0.15, -0.1) is 0 Å². The molecule has 6 atom stereocenters. The zero-order chi connectivity index (χ0) is 26.9. The summed E-state index contributed by atoms with van der Waals surface area (Å²) in [6.07, 6.45) is 2.44. The lowest BCUT2D eigenvalue weighted by Crippen LogP contribution is -2.66. The van der Waals surface area contributed by atoms with E-state index in [0.29, 0.717) is 41.9 Å². The SMILES string of the molecule is CO/N=C(\C(=O)N[C@@H]1C(=O)C2C(C(=O)[O-])=C(/C=C/C[N+]3(C)CC[C@H](O)[C@H](O)C3)CS[C@@H]21)c1nsc(N)n1. The number of ketones is 1. The molecule has 13 nitrogen and oxygen atoms in total. The van der Waals surface area contributed by atoms with Crippen molar-refractivity contribution in [3.05, 3.63) is 29.1 Å². The van der Waals surface area contributed by atoms with Gasteiger partial charge in [0.05, 0.1) is 38.1 Å². The van der Waals surface area contributed by atoms with Crippen LogP contribution < -0.4 is 16.2 Å². The minimum atomic E-state index is -1.42. The Morgan fingerprint density at radius 2 is 2.14 bits per heavy atom. The summed E-state index contributed by atoms with van der Waals surface area (Å²) in [7, 11) is 3.20. The Kier molecular flexibility index (Phi) is 7.99. The van der Waals surface area contributed by atoms with Crippen molar-refractivity contribution in [2.75, 3.05) is 45.3 Å². The molecule has 5 N–H and O–H groups in total. The van der Waals surface area contributed by atoms with Crippen molar-refractivity contribution in [1.82, 2.24) is 14.7 Å². The van der Waals surface area contributed by atoms with E-state index in [9.17, 15) is 29.7 Å². The molecule has 1 aliphatic carbocycles. The van der Waals surface area contributed by atoms with E-state index in [0.717, 1.165) is 11.5 Å². The van der Waals surface area contributed by atoms with Gasteiger partial charge in [-0.3, -0.25) is 9.59 Å². The number of nitrogens with two attached hydrogens (primary N) is 1. The van der Waals surface area contributed by atoms with Gasteiger partial charge in [0, 0.05) is 29.0 Å². The number of hydrogen-bond donors (Lipinski definition) is 4. The topological polar surface area (TPSA) is 200 Å². The number of piperidine rings is 1. The third kappa shape index (κ3) is 5.55. The first-order valence-electron chi connectivity index (χ1n) is 11.5. The molecule has 1 amide bonds. The normalized spacial score (nSPS) is 32.2. The number of aromatic nitrogens is 2. The number of anilines is 1. The average Bonchev–Trinajstić information content (AvgIpc) is 3.28. The average molecular weight is 553 g/mol. The third-order valence-corrected chi connectivity index (χ3v) is 8.77. The Bertz CT molecular complexity index is 1180. The summed E-state index contributed by atoms with van der Waals surface area (Å²) in [5, 5.41) is 37.7. The number of carboxylic acid groups (broad SMARTS) is 1. The van der Waals surface area contributed by atoms with Crippen LogP contribution in [-0.4, -0.2) is 110 Å². The van der Waals surface area contributed by atoms with Gasteiger partial charge in [-0.1, -0.05) is 11.2 Å². The number of rotatable bonds is 8. The van der Waals surface area contributed by atoms with Gasteiger partial charge in [-0.2, -0.15) is 21.1 Å². The summed E-state index contributed by atoms with van der Waals surface area (Å²) in [6, 6.07) is -0.925. The van der Waals surface area contributed by atoms with Crippen molar-refractivity contribution in [3.63, 3.8) is 0 Å². The van der Waals surface area contributed by atoms with E-state index >= 15 is 0 Å². The quantitative estimate of drug-likeness (QED) is 0.150. The first kappa shape index (κ1) is 27.2. The predicted octanol–water partition coefficient (Wildman–Crippen LogP) is -2.56. The number of carbonyl (C=O) groups excluding carboxylic acids is 3. The molecule has 37 heavy (non-hydrogen) atoms. The molecule has 0 radical (unpaired) electrons. The van der Waals surface area contributed by atoms with E-state index in [1.807, 2.05) is 13.1 Å². The summed E-state index contributed by atoms with van der Waals surface area (Å²) < 4.78 is 4.44. The molecule has 15 heteroatoms. The number of oxime groups is 1. The zero-order valence-electron chi connectivity index (χ0n) is 20.2. The van der Waals surface area contributed by atoms with Crippen LogP contribution in [0.5, 0.6) is 0 Å². The molecule has 0 aromatic carbocycles. The monoisotopic (exact) mass is 552 g/mol. The molecule has 1 saturated carbocycles. The van der Waals surface area contributed by atoms with Crippen LogP contribution in [0.15, 0.2) is 28.5 Å². The maximum absolute atomic E-state index is 13.0. The van der Waals surface area contributed by atoms with Crippen molar-refractivity contribution in [3.8, 4) is 0 Å². The number of hydrogen-bond acceptors (Lipinski definition) is 13. The molecule has 3 heterocycles. The molecule has 1 aromatic rings. The number of aliphatic hydroxyl groups excluding tert-OH is 2. The molecule has 0 spiro atoms. The number of likely N-dealkylation sites (tertiary alicyclic amines) is 1. The highest BCUT2D eigenvalue weighted by Gasteiger charge is 2.55. The van der Waals surface area contributed by atoms with Gasteiger partial charge in [-0.25, -0.2) is 0 Å². The second kappa shape index (κ2) is 10.9. The molecule has 0 bridgehead atoms. The molecule has 1 aromatic heterocycles. The maximum atomic E-state index is 13.0. The minimum Gasteiger partial charge on any atom is -0.545 e. The molecule has 200 valence electrons. The summed E-state index contributed by atoms with van der Waals surface area (Å²) >= 11 is 2.24. The van der Waals surface area contributed by atoms with Crippen LogP contribution in [0.2, 0.25) is 0 Å². The molecule has 3 aliphatic rings. The molecular formula is C22H28N6O7S2. The Morgan fingerprint density at radius 1 is 1.38 bits per heavy atom. The van der Waals surface area contributed by atoms with Crippen molar-refractivity contribution >= 4 is 51.8 Å². The molecule has 2 unspecified atom stereocenters. The van der Waals surface area contributed by atoms with E-state index in [4.69, 9.17) is 10.6 Å². The number of carboxylic acids is 1. The second-order valence-electron chi connectivity index (χ2n) is 9.45. The number of aliphatic hydroxyl groups is 2. The Labute approximate surface area is 220 Å². The van der Waals surface area contributed by atoms with Gasteiger partial charge in [0.2, 0.25) is 11.5 Å². The lowest BCUT2D eigenvalue weighted by Gasteiger charge is -2.47. The predicted molar refractivity (Wildman–Crippen MR) is 133 cm³/mol. The molecule has 2 fully saturated rings. The number of quaternary nitrogens is 1. The van der Waals surface area contributed by atoms with Crippen molar-refractivity contribution in [1.29, 1.82) is 0 Å². The van der Waals surface area contributed by atoms with Crippen LogP contribution in [0.4, 0.5) is 5.13 Å². The van der Waals surface area contributed by atoms with Crippen LogP contribution in [0.1, 0.15) is 12.2 Å².